The van der Waals surface area contributed by atoms with Crippen LogP contribution in [0.3, 0.4) is 0 Å². The number of thioether (sulfide) groups is 1. The number of hydrogen-bond donors (Lipinski definition) is 2. The molecule has 0 saturated carbocycles. The van der Waals surface area contributed by atoms with Crippen LogP contribution in [0.15, 0.2) is 23.1 Å². The molecule has 0 atom stereocenters. The summed E-state index contributed by atoms with van der Waals surface area (Å²) < 4.78 is 13.5. The van der Waals surface area contributed by atoms with Crippen LogP contribution in [0.25, 0.3) is 0 Å². The van der Waals surface area contributed by atoms with Crippen molar-refractivity contribution in [3.05, 3.63) is 29.6 Å². The van der Waals surface area contributed by atoms with Crippen molar-refractivity contribution in [2.75, 3.05) is 5.75 Å². The second-order valence-electron chi connectivity index (χ2n) is 4.27. The van der Waals surface area contributed by atoms with Crippen LogP contribution in [0, 0.1) is 5.82 Å². The summed E-state index contributed by atoms with van der Waals surface area (Å²) in [5.74, 6) is -1.27. The highest BCUT2D eigenvalue weighted by Gasteiger charge is 2.10. The Morgan fingerprint density at radius 2 is 2.11 bits per heavy atom. The zero-order valence-corrected chi connectivity index (χ0v) is 11.6. The maximum atomic E-state index is 13.5. The zero-order valence-electron chi connectivity index (χ0n) is 10.8. The Morgan fingerprint density at radius 1 is 1.42 bits per heavy atom. The molecule has 0 radical (unpaired) electrons. The fraction of sp³-hybridized carbons (Fsp3) is 0.385. The number of rotatable bonds is 6. The van der Waals surface area contributed by atoms with E-state index in [0.717, 1.165) is 17.8 Å². The van der Waals surface area contributed by atoms with Gasteiger partial charge in [0.15, 0.2) is 0 Å². The number of nitrogens with one attached hydrogen (secondary N) is 1. The van der Waals surface area contributed by atoms with Crippen molar-refractivity contribution in [3.63, 3.8) is 0 Å². The highest BCUT2D eigenvalue weighted by molar-refractivity contribution is 7.99. The van der Waals surface area contributed by atoms with Crippen molar-refractivity contribution < 1.29 is 19.1 Å². The third-order valence-corrected chi connectivity index (χ3v) is 3.25. The van der Waals surface area contributed by atoms with Gasteiger partial charge in [0, 0.05) is 23.1 Å². The lowest BCUT2D eigenvalue weighted by Gasteiger charge is -2.08. The minimum absolute atomic E-state index is 0.0375. The normalized spacial score (nSPS) is 10.5. The van der Waals surface area contributed by atoms with Crippen LogP contribution in [-0.2, 0) is 4.79 Å². The maximum Gasteiger partial charge on any atom is 0.335 e. The Kier molecular flexibility index (Phi) is 5.82. The van der Waals surface area contributed by atoms with E-state index in [-0.39, 0.29) is 28.8 Å². The largest absolute Gasteiger partial charge is 0.478 e. The predicted molar refractivity (Wildman–Crippen MR) is 72.0 cm³/mol. The van der Waals surface area contributed by atoms with Gasteiger partial charge in [-0.25, -0.2) is 9.18 Å². The summed E-state index contributed by atoms with van der Waals surface area (Å²) in [4.78, 5) is 22.4. The highest BCUT2D eigenvalue weighted by atomic mass is 32.2. The van der Waals surface area contributed by atoms with Gasteiger partial charge < -0.3 is 10.4 Å². The molecular formula is C13H16FNO3S. The van der Waals surface area contributed by atoms with E-state index in [0.29, 0.717) is 5.75 Å². The van der Waals surface area contributed by atoms with E-state index in [4.69, 9.17) is 5.11 Å². The summed E-state index contributed by atoms with van der Waals surface area (Å²) in [7, 11) is 0. The van der Waals surface area contributed by atoms with E-state index in [1.54, 1.807) is 0 Å². The van der Waals surface area contributed by atoms with Gasteiger partial charge in [0.05, 0.1) is 5.56 Å². The Balaban J connectivity index is 2.55. The molecule has 1 aromatic carbocycles. The molecule has 2 N–H and O–H groups in total. The lowest BCUT2D eigenvalue weighted by Crippen LogP contribution is -2.30. The lowest BCUT2D eigenvalue weighted by atomic mass is 10.2. The van der Waals surface area contributed by atoms with Gasteiger partial charge in [0.1, 0.15) is 5.82 Å². The number of hydrogen-bond acceptors (Lipinski definition) is 3. The summed E-state index contributed by atoms with van der Waals surface area (Å²) in [6.45, 7) is 3.72. The molecule has 0 aromatic heterocycles. The first-order chi connectivity index (χ1) is 8.90. The SMILES string of the molecule is CC(C)NC(=O)CCSc1cc(C(=O)O)ccc1F. The number of benzene rings is 1. The van der Waals surface area contributed by atoms with Crippen molar-refractivity contribution in [3.8, 4) is 0 Å². The van der Waals surface area contributed by atoms with Crippen LogP contribution < -0.4 is 5.32 Å². The lowest BCUT2D eigenvalue weighted by molar-refractivity contribution is -0.121. The molecule has 0 aliphatic rings. The van der Waals surface area contributed by atoms with Crippen molar-refractivity contribution in [1.29, 1.82) is 0 Å². The van der Waals surface area contributed by atoms with Gasteiger partial charge in [-0.3, -0.25) is 4.79 Å². The number of carboxylic acids is 1. The summed E-state index contributed by atoms with van der Waals surface area (Å²) in [6.07, 6.45) is 0.263. The molecule has 1 amide bonds. The minimum atomic E-state index is -1.10. The van der Waals surface area contributed by atoms with Gasteiger partial charge in [-0.05, 0) is 32.0 Å². The molecule has 6 heteroatoms. The van der Waals surface area contributed by atoms with Crippen LogP contribution in [0.2, 0.25) is 0 Å². The Labute approximate surface area is 115 Å². The monoisotopic (exact) mass is 285 g/mol. The second kappa shape index (κ2) is 7.13. The van der Waals surface area contributed by atoms with Gasteiger partial charge in [-0.15, -0.1) is 11.8 Å². The molecule has 0 fully saturated rings. The first kappa shape index (κ1) is 15.5. The van der Waals surface area contributed by atoms with E-state index in [1.165, 1.54) is 12.1 Å². The average Bonchev–Trinajstić information content (AvgIpc) is 2.30. The number of carbonyl (C=O) groups is 2. The van der Waals surface area contributed by atoms with Gasteiger partial charge in [0.25, 0.3) is 0 Å². The van der Waals surface area contributed by atoms with Crippen LogP contribution in [0.1, 0.15) is 30.6 Å². The van der Waals surface area contributed by atoms with Crippen molar-refractivity contribution in [2.24, 2.45) is 0 Å². The first-order valence-electron chi connectivity index (χ1n) is 5.85. The molecule has 0 bridgehead atoms. The van der Waals surface area contributed by atoms with Crippen molar-refractivity contribution in [2.45, 2.75) is 31.2 Å². The Morgan fingerprint density at radius 3 is 2.68 bits per heavy atom. The van der Waals surface area contributed by atoms with Crippen LogP contribution in [0.4, 0.5) is 4.39 Å². The van der Waals surface area contributed by atoms with Crippen LogP contribution in [0.5, 0.6) is 0 Å². The van der Waals surface area contributed by atoms with Crippen LogP contribution >= 0.6 is 11.8 Å². The molecule has 19 heavy (non-hydrogen) atoms. The van der Waals surface area contributed by atoms with Gasteiger partial charge in [-0.2, -0.15) is 0 Å². The Bertz CT molecular complexity index is 477. The maximum absolute atomic E-state index is 13.5. The van der Waals surface area contributed by atoms with E-state index >= 15 is 0 Å². The first-order valence-corrected chi connectivity index (χ1v) is 6.83. The molecule has 0 aliphatic carbocycles. The van der Waals surface area contributed by atoms with Gasteiger partial charge in [0.2, 0.25) is 5.91 Å². The van der Waals surface area contributed by atoms with Crippen molar-refractivity contribution in [1.82, 2.24) is 5.32 Å². The topological polar surface area (TPSA) is 66.4 Å². The van der Waals surface area contributed by atoms with Crippen molar-refractivity contribution >= 4 is 23.6 Å². The number of amides is 1. The molecule has 0 unspecified atom stereocenters. The van der Waals surface area contributed by atoms with Crippen LogP contribution in [-0.4, -0.2) is 28.8 Å². The Hall–Kier alpha value is -1.56. The summed E-state index contributed by atoms with van der Waals surface area (Å²) in [6, 6.07) is 3.69. The van der Waals surface area contributed by atoms with E-state index in [1.807, 2.05) is 13.8 Å². The molecule has 0 saturated heterocycles. The standard InChI is InChI=1S/C13H16FNO3S/c1-8(2)15-12(16)5-6-19-11-7-9(13(17)18)3-4-10(11)14/h3-4,7-8H,5-6H2,1-2H3,(H,15,16)(H,17,18). The zero-order chi connectivity index (χ0) is 14.4. The van der Waals surface area contributed by atoms with E-state index in [9.17, 15) is 14.0 Å². The van der Waals surface area contributed by atoms with Gasteiger partial charge >= 0.3 is 5.97 Å². The third-order valence-electron chi connectivity index (χ3n) is 2.21. The van der Waals surface area contributed by atoms with E-state index < -0.39 is 11.8 Å². The fourth-order valence-electron chi connectivity index (χ4n) is 1.39. The van der Waals surface area contributed by atoms with Gasteiger partial charge in [-0.1, -0.05) is 0 Å². The number of halogens is 1. The smallest absolute Gasteiger partial charge is 0.335 e. The summed E-state index contributed by atoms with van der Waals surface area (Å²) in [5.41, 5.74) is 0.0375. The van der Waals surface area contributed by atoms with E-state index in [2.05, 4.69) is 5.32 Å². The quantitative estimate of drug-likeness (QED) is 0.788. The number of carboxylic acid groups (broad SMARTS) is 1. The average molecular weight is 285 g/mol. The molecule has 0 heterocycles. The molecule has 0 aliphatic heterocycles. The fourth-order valence-corrected chi connectivity index (χ4v) is 2.32. The molecule has 1 aromatic rings. The molecule has 1 rings (SSSR count). The second-order valence-corrected chi connectivity index (χ2v) is 5.41. The highest BCUT2D eigenvalue weighted by Crippen LogP contribution is 2.23. The summed E-state index contributed by atoms with van der Waals surface area (Å²) in [5, 5.41) is 11.6. The number of carbonyl (C=O) groups excluding carboxylic acids is 1. The summed E-state index contributed by atoms with van der Waals surface area (Å²) >= 11 is 1.13. The molecule has 0 spiro atoms. The number of aromatic carboxylic acids is 1. The molecular weight excluding hydrogens is 269 g/mol. The molecule has 104 valence electrons. The molecule has 4 nitrogen and oxygen atoms in total. The predicted octanol–water partition coefficient (Wildman–Crippen LogP) is 2.53. The third kappa shape index (κ3) is 5.30. The minimum Gasteiger partial charge on any atom is -0.478 e.